The third-order valence-electron chi connectivity index (χ3n) is 2.19. The zero-order valence-electron chi connectivity index (χ0n) is 7.93. The fourth-order valence-corrected chi connectivity index (χ4v) is 2.15. The lowest BCUT2D eigenvalue weighted by Gasteiger charge is -1.92. The van der Waals surface area contributed by atoms with Crippen LogP contribution < -0.4 is 5.73 Å². The first kappa shape index (κ1) is 8.42. The minimum atomic E-state index is 0.547. The predicted molar refractivity (Wildman–Crippen MR) is 58.0 cm³/mol. The number of fused-ring (bicyclic) bond motifs is 1. The van der Waals surface area contributed by atoms with Crippen molar-refractivity contribution in [2.45, 2.75) is 6.92 Å². The Morgan fingerprint density at radius 2 is 2.40 bits per heavy atom. The van der Waals surface area contributed by atoms with Gasteiger partial charge in [0.2, 0.25) is 5.13 Å². The van der Waals surface area contributed by atoms with E-state index in [1.54, 1.807) is 10.9 Å². The van der Waals surface area contributed by atoms with Gasteiger partial charge in [0.25, 0.3) is 0 Å². The molecule has 0 saturated carbocycles. The molecule has 3 aromatic heterocycles. The molecule has 0 amide bonds. The number of anilines is 1. The van der Waals surface area contributed by atoms with Crippen molar-refractivity contribution in [1.82, 2.24) is 25.0 Å². The van der Waals surface area contributed by atoms with Gasteiger partial charge in [-0.2, -0.15) is 14.9 Å². The largest absolute Gasteiger partial charge is 0.383 e. The highest BCUT2D eigenvalue weighted by molar-refractivity contribution is 7.12. The molecule has 3 N–H and O–H groups in total. The summed E-state index contributed by atoms with van der Waals surface area (Å²) >= 11 is 1.51. The van der Waals surface area contributed by atoms with E-state index in [0.717, 1.165) is 21.9 Å². The van der Waals surface area contributed by atoms with Crippen molar-refractivity contribution < 1.29 is 0 Å². The number of aromatic nitrogens is 5. The second-order valence-corrected chi connectivity index (χ2v) is 4.02. The van der Waals surface area contributed by atoms with Gasteiger partial charge in [0.1, 0.15) is 5.82 Å². The van der Waals surface area contributed by atoms with Crippen molar-refractivity contribution >= 4 is 28.2 Å². The molecule has 0 bridgehead atoms. The molecule has 15 heavy (non-hydrogen) atoms. The van der Waals surface area contributed by atoms with Gasteiger partial charge in [0.15, 0.2) is 5.65 Å². The second-order valence-electron chi connectivity index (χ2n) is 3.15. The number of nitrogens with zero attached hydrogens (tertiary/aromatic N) is 4. The maximum atomic E-state index is 5.76. The van der Waals surface area contributed by atoms with Gasteiger partial charge < -0.3 is 5.73 Å². The molecule has 0 aliphatic carbocycles. The fourth-order valence-electron chi connectivity index (χ4n) is 1.56. The normalized spacial score (nSPS) is 11.3. The molecule has 3 aromatic rings. The molecule has 3 heterocycles. The topological polar surface area (TPSA) is 85.4 Å². The summed E-state index contributed by atoms with van der Waals surface area (Å²) in [5.41, 5.74) is 7.33. The molecule has 0 atom stereocenters. The zero-order chi connectivity index (χ0) is 10.4. The molecule has 0 spiro atoms. The van der Waals surface area contributed by atoms with Gasteiger partial charge in [-0.1, -0.05) is 0 Å². The van der Waals surface area contributed by atoms with Crippen LogP contribution in [0.5, 0.6) is 0 Å². The third kappa shape index (κ3) is 1.06. The van der Waals surface area contributed by atoms with E-state index in [2.05, 4.69) is 20.3 Å². The summed E-state index contributed by atoms with van der Waals surface area (Å²) < 4.78 is 1.70. The van der Waals surface area contributed by atoms with E-state index in [1.807, 2.05) is 12.3 Å². The smallest absolute Gasteiger partial charge is 0.212 e. The Labute approximate surface area is 88.7 Å². The summed E-state index contributed by atoms with van der Waals surface area (Å²) in [5.74, 6) is 0.547. The molecule has 0 unspecified atom stereocenters. The third-order valence-corrected chi connectivity index (χ3v) is 2.94. The highest BCUT2D eigenvalue weighted by Gasteiger charge is 2.15. The van der Waals surface area contributed by atoms with E-state index >= 15 is 0 Å². The molecular weight excluding hydrogens is 212 g/mol. The van der Waals surface area contributed by atoms with Crippen LogP contribution in [-0.2, 0) is 0 Å². The minimum Gasteiger partial charge on any atom is -0.383 e. The average Bonchev–Trinajstić information content (AvgIpc) is 2.86. The van der Waals surface area contributed by atoms with Crippen molar-refractivity contribution in [1.29, 1.82) is 0 Å². The molecule has 6 nitrogen and oxygen atoms in total. The highest BCUT2D eigenvalue weighted by atomic mass is 32.1. The average molecular weight is 220 g/mol. The summed E-state index contributed by atoms with van der Waals surface area (Å²) in [4.78, 5) is 4.18. The van der Waals surface area contributed by atoms with E-state index in [9.17, 15) is 0 Å². The van der Waals surface area contributed by atoms with Crippen molar-refractivity contribution in [3.05, 3.63) is 17.3 Å². The Balaban J connectivity index is 2.37. The lowest BCUT2D eigenvalue weighted by Crippen LogP contribution is -1.96. The van der Waals surface area contributed by atoms with Crippen LogP contribution in [0.25, 0.3) is 16.2 Å². The summed E-state index contributed by atoms with van der Waals surface area (Å²) in [5, 5.41) is 14.8. The second kappa shape index (κ2) is 2.80. The number of H-pyrrole nitrogens is 1. The highest BCUT2D eigenvalue weighted by Crippen LogP contribution is 2.24. The Hall–Kier alpha value is -1.89. The van der Waals surface area contributed by atoms with Gasteiger partial charge in [-0.15, -0.1) is 11.3 Å². The number of nitrogens with two attached hydrogens (primary N) is 1. The van der Waals surface area contributed by atoms with E-state index in [4.69, 9.17) is 5.73 Å². The Kier molecular flexibility index (Phi) is 1.57. The number of thiazole rings is 1. The SMILES string of the molecule is Cc1nn(-c2nccs2)c2n[nH]c(N)c12. The van der Waals surface area contributed by atoms with Crippen molar-refractivity contribution in [3.63, 3.8) is 0 Å². The lowest BCUT2D eigenvalue weighted by atomic mass is 10.3. The number of aromatic amines is 1. The lowest BCUT2D eigenvalue weighted by molar-refractivity contribution is 0.857. The summed E-state index contributed by atoms with van der Waals surface area (Å²) in [6, 6.07) is 0. The van der Waals surface area contributed by atoms with Crippen LogP contribution in [0.2, 0.25) is 0 Å². The summed E-state index contributed by atoms with van der Waals surface area (Å²) in [7, 11) is 0. The number of nitrogens with one attached hydrogen (secondary N) is 1. The van der Waals surface area contributed by atoms with Crippen LogP contribution in [0.3, 0.4) is 0 Å². The molecule has 0 fully saturated rings. The van der Waals surface area contributed by atoms with Crippen molar-refractivity contribution in [3.8, 4) is 5.13 Å². The Bertz CT molecular complexity index is 604. The van der Waals surface area contributed by atoms with Gasteiger partial charge in [-0.3, -0.25) is 5.10 Å². The minimum absolute atomic E-state index is 0.547. The predicted octanol–water partition coefficient (Wildman–Crippen LogP) is 1.10. The number of aryl methyl sites for hydroxylation is 1. The molecule has 3 rings (SSSR count). The molecule has 0 aromatic carbocycles. The van der Waals surface area contributed by atoms with Crippen molar-refractivity contribution in [2.24, 2.45) is 0 Å². The molecule has 7 heteroatoms. The van der Waals surface area contributed by atoms with Crippen LogP contribution in [-0.4, -0.2) is 25.0 Å². The first-order valence-corrected chi connectivity index (χ1v) is 5.24. The van der Waals surface area contributed by atoms with Gasteiger partial charge in [0, 0.05) is 11.6 Å². The van der Waals surface area contributed by atoms with Gasteiger partial charge in [-0.05, 0) is 6.92 Å². The molecule has 0 aliphatic rings. The number of hydrogen-bond acceptors (Lipinski definition) is 5. The number of rotatable bonds is 1. The van der Waals surface area contributed by atoms with E-state index < -0.39 is 0 Å². The van der Waals surface area contributed by atoms with Crippen LogP contribution >= 0.6 is 11.3 Å². The van der Waals surface area contributed by atoms with E-state index in [0.29, 0.717) is 5.82 Å². The van der Waals surface area contributed by atoms with Crippen LogP contribution in [0.4, 0.5) is 5.82 Å². The molecule has 0 aliphatic heterocycles. The first-order chi connectivity index (χ1) is 7.27. The first-order valence-electron chi connectivity index (χ1n) is 4.36. The quantitative estimate of drug-likeness (QED) is 0.643. The van der Waals surface area contributed by atoms with E-state index in [-0.39, 0.29) is 0 Å². The fraction of sp³-hybridized carbons (Fsp3) is 0.125. The molecular formula is C8H8N6S. The maximum Gasteiger partial charge on any atom is 0.212 e. The number of hydrogen-bond donors (Lipinski definition) is 2. The zero-order valence-corrected chi connectivity index (χ0v) is 8.75. The van der Waals surface area contributed by atoms with Crippen LogP contribution in [0, 0.1) is 6.92 Å². The standard InChI is InChI=1S/C8H8N6S/c1-4-5-6(9)11-12-7(5)14(13-4)8-10-2-3-15-8/h2-3H,1H3,(H3,9,11,12). The maximum absolute atomic E-state index is 5.76. The van der Waals surface area contributed by atoms with Crippen LogP contribution in [0.15, 0.2) is 11.6 Å². The van der Waals surface area contributed by atoms with Crippen molar-refractivity contribution in [2.75, 3.05) is 5.73 Å². The molecule has 0 radical (unpaired) electrons. The monoisotopic (exact) mass is 220 g/mol. The number of nitrogen functional groups attached to an aromatic ring is 1. The van der Waals surface area contributed by atoms with Gasteiger partial charge in [0.05, 0.1) is 11.1 Å². The molecule has 76 valence electrons. The molecule has 0 saturated heterocycles. The van der Waals surface area contributed by atoms with E-state index in [1.165, 1.54) is 11.3 Å². The van der Waals surface area contributed by atoms with Gasteiger partial charge in [-0.25, -0.2) is 4.98 Å². The summed E-state index contributed by atoms with van der Waals surface area (Å²) in [6.45, 7) is 1.90. The summed E-state index contributed by atoms with van der Waals surface area (Å²) in [6.07, 6.45) is 1.73. The van der Waals surface area contributed by atoms with Gasteiger partial charge >= 0.3 is 0 Å². The Morgan fingerprint density at radius 1 is 1.53 bits per heavy atom. The van der Waals surface area contributed by atoms with Crippen LogP contribution in [0.1, 0.15) is 5.69 Å². The Morgan fingerprint density at radius 3 is 3.13 bits per heavy atom.